The van der Waals surface area contributed by atoms with E-state index in [9.17, 15) is 27.9 Å². The number of alkyl halides is 3. The number of rotatable bonds is 6. The Labute approximate surface area is 250 Å². The van der Waals surface area contributed by atoms with Gasteiger partial charge in [0, 0.05) is 31.7 Å². The lowest BCUT2D eigenvalue weighted by molar-refractivity contribution is -0.145. The number of imidazole rings is 1. The lowest BCUT2D eigenvalue weighted by atomic mass is 9.81. The van der Waals surface area contributed by atoms with Gasteiger partial charge in [-0.1, -0.05) is 5.16 Å². The van der Waals surface area contributed by atoms with E-state index in [1.54, 1.807) is 24.9 Å². The number of aromatic nitrogens is 6. The summed E-state index contributed by atoms with van der Waals surface area (Å²) in [4.78, 5) is 37.9. The molecule has 4 fully saturated rings. The number of fused-ring (bicyclic) bond motifs is 2. The predicted molar refractivity (Wildman–Crippen MR) is 146 cm³/mol. The average Bonchev–Trinajstić information content (AvgIpc) is 3.28. The molecular weight excluding hydrogens is 581 g/mol. The van der Waals surface area contributed by atoms with Crippen molar-refractivity contribution in [3.05, 3.63) is 35.2 Å². The number of aryl methyl sites for hydroxylation is 1. The van der Waals surface area contributed by atoms with E-state index in [0.717, 1.165) is 6.42 Å². The number of halogens is 3. The first-order valence-corrected chi connectivity index (χ1v) is 15.3. The summed E-state index contributed by atoms with van der Waals surface area (Å²) in [6, 6.07) is -1.32. The molecule has 236 valence electrons. The highest BCUT2D eigenvalue weighted by atomic mass is 19.3. The molecule has 1 aliphatic heterocycles. The molecule has 0 aromatic carbocycles. The normalized spacial score (nSPS) is 32.4. The Kier molecular flexibility index (Phi) is 6.94. The van der Waals surface area contributed by atoms with E-state index in [1.165, 1.54) is 10.7 Å². The number of nitrogens with zero attached hydrogens (tertiary/aromatic N) is 7. The van der Waals surface area contributed by atoms with Gasteiger partial charge in [-0.05, 0) is 68.9 Å². The average molecular weight is 617 g/mol. The van der Waals surface area contributed by atoms with Gasteiger partial charge in [0.05, 0.1) is 41.5 Å². The number of hydrogen-bond acceptors (Lipinski definition) is 9. The minimum Gasteiger partial charge on any atom is -0.390 e. The lowest BCUT2D eigenvalue weighted by Crippen LogP contribution is -2.49. The Morgan fingerprint density at radius 2 is 1.91 bits per heavy atom. The summed E-state index contributed by atoms with van der Waals surface area (Å²) in [5.74, 6) is -3.89. The molecular formula is C29H35F3N8O4. The van der Waals surface area contributed by atoms with Crippen molar-refractivity contribution in [3.63, 3.8) is 0 Å². The molecule has 4 heterocycles. The third kappa shape index (κ3) is 5.32. The van der Waals surface area contributed by atoms with Crippen LogP contribution in [0.5, 0.6) is 0 Å². The van der Waals surface area contributed by atoms with Crippen LogP contribution >= 0.6 is 0 Å². The smallest absolute Gasteiger partial charge is 0.276 e. The Hall–Kier alpha value is -3.62. The standard InChI is InChI=1S/C29H35F3N8O4/c1-14-23(38-44-37-14)25(41)36-24(15-3-5-29(31,32)6-4-15)21-13-40-27(35-21)34-20(12-33-40)22-11-28(2,43)7-8-39(22)26(42)18-10-19(30)17-9-16(17)18/h12-13,15-19,22,24,43H,3-11H2,1-2H3,(H,36,41)/t16?,17?,18?,19?,22-,24+,28-/m1/s1. The van der Waals surface area contributed by atoms with Crippen molar-refractivity contribution in [2.75, 3.05) is 6.54 Å². The zero-order chi connectivity index (χ0) is 31.0. The maximum atomic E-state index is 14.4. The number of likely N-dealkylation sites (tertiary alicyclic amines) is 1. The molecule has 1 saturated heterocycles. The Morgan fingerprint density at radius 3 is 2.57 bits per heavy atom. The molecule has 7 atom stereocenters. The molecule has 0 spiro atoms. The first-order chi connectivity index (χ1) is 20.9. The Morgan fingerprint density at radius 1 is 1.14 bits per heavy atom. The molecule has 2 amide bonds. The SMILES string of the molecule is Cc1nonc1C(=O)N[C@H](c1cn2ncc([C@H]3C[C@](C)(O)CCN3C(=O)C3CC(F)C4CC34)nc2n1)C1CCC(F)(F)CC1. The predicted octanol–water partition coefficient (Wildman–Crippen LogP) is 3.52. The second-order valence-electron chi connectivity index (χ2n) is 13.4. The molecule has 3 saturated carbocycles. The van der Waals surface area contributed by atoms with E-state index in [-0.39, 0.29) is 79.6 Å². The second kappa shape index (κ2) is 10.5. The van der Waals surface area contributed by atoms with Crippen LogP contribution in [0.1, 0.15) is 97.9 Å². The van der Waals surface area contributed by atoms with E-state index in [4.69, 9.17) is 4.98 Å². The van der Waals surface area contributed by atoms with Gasteiger partial charge < -0.3 is 15.3 Å². The van der Waals surface area contributed by atoms with Gasteiger partial charge in [-0.25, -0.2) is 32.3 Å². The van der Waals surface area contributed by atoms with E-state index >= 15 is 0 Å². The van der Waals surface area contributed by atoms with Crippen LogP contribution < -0.4 is 5.32 Å². The number of aliphatic hydroxyl groups is 1. The highest BCUT2D eigenvalue weighted by Gasteiger charge is 2.58. The number of carbonyl (C=O) groups is 2. The maximum Gasteiger partial charge on any atom is 0.276 e. The van der Waals surface area contributed by atoms with Crippen molar-refractivity contribution in [2.45, 2.75) is 95.0 Å². The third-order valence-electron chi connectivity index (χ3n) is 10.1. The quantitative estimate of drug-likeness (QED) is 0.424. The summed E-state index contributed by atoms with van der Waals surface area (Å²) in [6.45, 7) is 3.60. The maximum absolute atomic E-state index is 14.4. The molecule has 4 unspecified atom stereocenters. The van der Waals surface area contributed by atoms with E-state index in [1.807, 2.05) is 0 Å². The monoisotopic (exact) mass is 616 g/mol. The third-order valence-corrected chi connectivity index (χ3v) is 10.1. The van der Waals surface area contributed by atoms with Crippen molar-refractivity contribution in [2.24, 2.45) is 23.7 Å². The summed E-state index contributed by atoms with van der Waals surface area (Å²) in [7, 11) is 0. The van der Waals surface area contributed by atoms with Crippen molar-refractivity contribution in [1.29, 1.82) is 0 Å². The number of nitrogens with one attached hydrogen (secondary N) is 1. The molecule has 3 aliphatic carbocycles. The van der Waals surface area contributed by atoms with E-state index < -0.39 is 35.7 Å². The molecule has 15 heteroatoms. The van der Waals surface area contributed by atoms with Gasteiger partial charge in [-0.15, -0.1) is 0 Å². The van der Waals surface area contributed by atoms with Gasteiger partial charge in [0.15, 0.2) is 5.69 Å². The van der Waals surface area contributed by atoms with Crippen LogP contribution in [-0.4, -0.2) is 76.0 Å². The first kappa shape index (κ1) is 29.1. The van der Waals surface area contributed by atoms with Crippen LogP contribution in [0.3, 0.4) is 0 Å². The highest BCUT2D eigenvalue weighted by molar-refractivity contribution is 5.93. The molecule has 4 aliphatic rings. The highest BCUT2D eigenvalue weighted by Crippen LogP contribution is 2.57. The molecule has 2 N–H and O–H groups in total. The van der Waals surface area contributed by atoms with Crippen LogP contribution in [0, 0.1) is 30.6 Å². The van der Waals surface area contributed by atoms with Crippen molar-refractivity contribution >= 4 is 17.6 Å². The summed E-state index contributed by atoms with van der Waals surface area (Å²) in [6.07, 6.45) is 3.49. The van der Waals surface area contributed by atoms with Gasteiger partial charge in [-0.2, -0.15) is 5.10 Å². The van der Waals surface area contributed by atoms with Gasteiger partial charge in [-0.3, -0.25) is 9.59 Å². The lowest BCUT2D eigenvalue weighted by Gasteiger charge is -2.43. The van der Waals surface area contributed by atoms with Crippen LogP contribution in [-0.2, 0) is 4.79 Å². The van der Waals surface area contributed by atoms with E-state index in [0.29, 0.717) is 30.0 Å². The zero-order valence-corrected chi connectivity index (χ0v) is 24.5. The summed E-state index contributed by atoms with van der Waals surface area (Å²) >= 11 is 0. The molecule has 12 nitrogen and oxygen atoms in total. The van der Waals surface area contributed by atoms with Crippen LogP contribution in [0.25, 0.3) is 5.78 Å². The Bertz CT molecular complexity index is 1580. The largest absolute Gasteiger partial charge is 0.390 e. The molecule has 0 bridgehead atoms. The topological polar surface area (TPSA) is 152 Å². The summed E-state index contributed by atoms with van der Waals surface area (Å²) in [5, 5.41) is 25.7. The minimum atomic E-state index is -2.76. The number of carbonyl (C=O) groups excluding carboxylic acids is 2. The van der Waals surface area contributed by atoms with E-state index in [2.05, 4.69) is 30.3 Å². The zero-order valence-electron chi connectivity index (χ0n) is 24.5. The summed E-state index contributed by atoms with van der Waals surface area (Å²) in [5.41, 5.74) is 0.0727. The van der Waals surface area contributed by atoms with Gasteiger partial charge in [0.1, 0.15) is 11.9 Å². The fraction of sp³-hybridized carbons (Fsp3) is 0.690. The molecule has 3 aromatic rings. The summed E-state index contributed by atoms with van der Waals surface area (Å²) < 4.78 is 48.5. The molecule has 44 heavy (non-hydrogen) atoms. The fourth-order valence-corrected chi connectivity index (χ4v) is 7.47. The molecule has 3 aromatic heterocycles. The van der Waals surface area contributed by atoms with Crippen molar-refractivity contribution < 1.29 is 32.5 Å². The van der Waals surface area contributed by atoms with Gasteiger partial charge in [0.2, 0.25) is 11.8 Å². The second-order valence-corrected chi connectivity index (χ2v) is 13.4. The van der Waals surface area contributed by atoms with Gasteiger partial charge in [0.25, 0.3) is 11.7 Å². The minimum absolute atomic E-state index is 0.00795. The number of hydrogen-bond donors (Lipinski definition) is 2. The van der Waals surface area contributed by atoms with Crippen LogP contribution in [0.15, 0.2) is 17.0 Å². The van der Waals surface area contributed by atoms with Crippen LogP contribution in [0.2, 0.25) is 0 Å². The fourth-order valence-electron chi connectivity index (χ4n) is 7.47. The first-order valence-electron chi connectivity index (χ1n) is 15.3. The number of piperidine rings is 1. The number of amides is 2. The van der Waals surface area contributed by atoms with Gasteiger partial charge >= 0.3 is 0 Å². The molecule has 0 radical (unpaired) electrons. The Balaban J connectivity index is 1.19. The van der Waals surface area contributed by atoms with Crippen LogP contribution in [0.4, 0.5) is 13.2 Å². The van der Waals surface area contributed by atoms with Crippen molar-refractivity contribution in [3.8, 4) is 0 Å². The van der Waals surface area contributed by atoms with Crippen molar-refractivity contribution in [1.82, 2.24) is 40.1 Å². The molecule has 7 rings (SSSR count).